The third-order valence-corrected chi connectivity index (χ3v) is 4.35. The topological polar surface area (TPSA) is 23.5 Å². The van der Waals surface area contributed by atoms with Gasteiger partial charge in [-0.15, -0.1) is 0 Å². The summed E-state index contributed by atoms with van der Waals surface area (Å²) in [5.74, 6) is 1.36. The van der Waals surface area contributed by atoms with E-state index in [1.807, 2.05) is 0 Å². The van der Waals surface area contributed by atoms with Crippen molar-refractivity contribution in [2.24, 2.45) is 11.8 Å². The zero-order valence-corrected chi connectivity index (χ0v) is 10.3. The number of aliphatic hydroxyl groups is 1. The molecule has 1 saturated carbocycles. The number of benzene rings is 1. The number of rotatable bonds is 4. The van der Waals surface area contributed by atoms with E-state index in [0.717, 1.165) is 18.5 Å². The van der Waals surface area contributed by atoms with E-state index in [1.54, 1.807) is 0 Å². The summed E-state index contributed by atoms with van der Waals surface area (Å²) in [6.45, 7) is 2.70. The molecule has 2 heteroatoms. The molecule has 2 nitrogen and oxygen atoms in total. The van der Waals surface area contributed by atoms with Gasteiger partial charge in [0, 0.05) is 19.2 Å². The van der Waals surface area contributed by atoms with Gasteiger partial charge in [0.05, 0.1) is 0 Å². The molecule has 1 aliphatic heterocycles. The number of likely N-dealkylation sites (tertiary alicyclic amines) is 1. The van der Waals surface area contributed by atoms with E-state index < -0.39 is 0 Å². The maximum Gasteiger partial charge on any atom is 0.0462 e. The Morgan fingerprint density at radius 2 is 2.06 bits per heavy atom. The van der Waals surface area contributed by atoms with Crippen LogP contribution in [0.1, 0.15) is 24.8 Å². The fraction of sp³-hybridized carbons (Fsp3) is 0.600. The second-order valence-corrected chi connectivity index (χ2v) is 5.51. The Morgan fingerprint density at radius 3 is 2.76 bits per heavy atom. The number of hydrogen-bond donors (Lipinski definition) is 1. The van der Waals surface area contributed by atoms with Gasteiger partial charge >= 0.3 is 0 Å². The first-order valence-electron chi connectivity index (χ1n) is 6.77. The molecule has 92 valence electrons. The highest BCUT2D eigenvalue weighted by Crippen LogP contribution is 2.46. The van der Waals surface area contributed by atoms with Crippen LogP contribution in [0.4, 0.5) is 0 Å². The lowest BCUT2D eigenvalue weighted by atomic mass is 10.1. The quantitative estimate of drug-likeness (QED) is 0.859. The van der Waals surface area contributed by atoms with E-state index in [1.165, 1.54) is 31.4 Å². The molecule has 0 bridgehead atoms. The van der Waals surface area contributed by atoms with Crippen molar-refractivity contribution in [1.82, 2.24) is 4.90 Å². The smallest absolute Gasteiger partial charge is 0.0462 e. The highest BCUT2D eigenvalue weighted by molar-refractivity contribution is 5.15. The molecule has 2 fully saturated rings. The molecule has 3 unspecified atom stereocenters. The summed E-state index contributed by atoms with van der Waals surface area (Å²) in [7, 11) is 0. The third kappa shape index (κ3) is 2.38. The molecule has 1 N–H and O–H groups in total. The fourth-order valence-corrected chi connectivity index (χ4v) is 3.30. The fourth-order valence-electron chi connectivity index (χ4n) is 3.30. The first kappa shape index (κ1) is 11.2. The molecule has 1 aromatic carbocycles. The molecule has 0 radical (unpaired) electrons. The van der Waals surface area contributed by atoms with Gasteiger partial charge in [-0.1, -0.05) is 30.3 Å². The number of aliphatic hydroxyl groups excluding tert-OH is 1. The summed E-state index contributed by atoms with van der Waals surface area (Å²) in [6, 6.07) is 11.5. The monoisotopic (exact) mass is 231 g/mol. The standard InChI is InChI=1S/C15H21NO/c17-11-13-9-14(13)15-7-4-8-16(15)10-12-5-2-1-3-6-12/h1-3,5-6,13-15,17H,4,7-11H2. The largest absolute Gasteiger partial charge is 0.396 e. The first-order valence-corrected chi connectivity index (χ1v) is 6.77. The van der Waals surface area contributed by atoms with Gasteiger partial charge < -0.3 is 5.11 Å². The predicted octanol–water partition coefficient (Wildman–Crippen LogP) is 2.28. The van der Waals surface area contributed by atoms with Crippen LogP contribution in [0.2, 0.25) is 0 Å². The zero-order valence-electron chi connectivity index (χ0n) is 10.3. The Morgan fingerprint density at radius 1 is 1.24 bits per heavy atom. The lowest BCUT2D eigenvalue weighted by Crippen LogP contribution is -2.31. The van der Waals surface area contributed by atoms with E-state index in [-0.39, 0.29) is 0 Å². The molecular weight excluding hydrogens is 210 g/mol. The molecular formula is C15H21NO. The SMILES string of the molecule is OCC1CC1C1CCCN1Cc1ccccc1. The minimum Gasteiger partial charge on any atom is -0.396 e. The van der Waals surface area contributed by atoms with E-state index in [2.05, 4.69) is 35.2 Å². The molecule has 1 aromatic rings. The Balaban J connectivity index is 1.63. The predicted molar refractivity (Wildman–Crippen MR) is 68.6 cm³/mol. The summed E-state index contributed by atoms with van der Waals surface area (Å²) < 4.78 is 0. The van der Waals surface area contributed by atoms with Crippen LogP contribution in [-0.4, -0.2) is 29.2 Å². The Kier molecular flexibility index (Phi) is 3.17. The first-order chi connectivity index (χ1) is 8.38. The maximum absolute atomic E-state index is 9.19. The molecule has 0 spiro atoms. The lowest BCUT2D eigenvalue weighted by molar-refractivity contribution is 0.199. The van der Waals surface area contributed by atoms with Crippen molar-refractivity contribution in [2.75, 3.05) is 13.2 Å². The minimum absolute atomic E-state index is 0.389. The van der Waals surface area contributed by atoms with Crippen molar-refractivity contribution < 1.29 is 5.11 Å². The molecule has 2 aliphatic rings. The van der Waals surface area contributed by atoms with Gasteiger partial charge in [-0.2, -0.15) is 0 Å². The number of hydrogen-bond acceptors (Lipinski definition) is 2. The van der Waals surface area contributed by atoms with E-state index in [9.17, 15) is 5.11 Å². The highest BCUT2D eigenvalue weighted by atomic mass is 16.3. The van der Waals surface area contributed by atoms with E-state index in [4.69, 9.17) is 0 Å². The zero-order chi connectivity index (χ0) is 11.7. The van der Waals surface area contributed by atoms with Crippen molar-refractivity contribution in [2.45, 2.75) is 31.8 Å². The second kappa shape index (κ2) is 4.79. The van der Waals surface area contributed by atoms with Crippen molar-refractivity contribution in [3.63, 3.8) is 0 Å². The van der Waals surface area contributed by atoms with Crippen LogP contribution in [0, 0.1) is 11.8 Å². The van der Waals surface area contributed by atoms with Gasteiger partial charge in [0.1, 0.15) is 0 Å². The molecule has 1 saturated heterocycles. The molecule has 17 heavy (non-hydrogen) atoms. The Hall–Kier alpha value is -0.860. The average Bonchev–Trinajstić information content (AvgIpc) is 3.02. The second-order valence-electron chi connectivity index (χ2n) is 5.51. The van der Waals surface area contributed by atoms with Crippen LogP contribution in [0.25, 0.3) is 0 Å². The van der Waals surface area contributed by atoms with Crippen LogP contribution in [0.5, 0.6) is 0 Å². The van der Waals surface area contributed by atoms with Gasteiger partial charge in [-0.3, -0.25) is 4.90 Å². The van der Waals surface area contributed by atoms with Crippen LogP contribution < -0.4 is 0 Å². The summed E-state index contributed by atoms with van der Waals surface area (Å²) in [5, 5.41) is 9.19. The molecule has 1 aliphatic carbocycles. The van der Waals surface area contributed by atoms with Crippen molar-refractivity contribution >= 4 is 0 Å². The van der Waals surface area contributed by atoms with Gasteiger partial charge in [0.15, 0.2) is 0 Å². The molecule has 3 rings (SSSR count). The molecule has 0 amide bonds. The van der Waals surface area contributed by atoms with Gasteiger partial charge in [-0.25, -0.2) is 0 Å². The van der Waals surface area contributed by atoms with Crippen molar-refractivity contribution in [3.8, 4) is 0 Å². The third-order valence-electron chi connectivity index (χ3n) is 4.35. The Labute approximate surface area is 103 Å². The Bertz CT molecular complexity index is 364. The van der Waals surface area contributed by atoms with Crippen LogP contribution >= 0.6 is 0 Å². The molecule has 1 heterocycles. The van der Waals surface area contributed by atoms with Crippen LogP contribution in [0.3, 0.4) is 0 Å². The average molecular weight is 231 g/mol. The summed E-state index contributed by atoms with van der Waals surface area (Å²) in [5.41, 5.74) is 1.42. The van der Waals surface area contributed by atoms with Crippen molar-refractivity contribution in [3.05, 3.63) is 35.9 Å². The molecule has 3 atom stereocenters. The minimum atomic E-state index is 0.389. The van der Waals surface area contributed by atoms with Gasteiger partial charge in [-0.05, 0) is 43.2 Å². The summed E-state index contributed by atoms with van der Waals surface area (Å²) in [6.07, 6.45) is 3.90. The van der Waals surface area contributed by atoms with Gasteiger partial charge in [0.25, 0.3) is 0 Å². The molecule has 0 aromatic heterocycles. The van der Waals surface area contributed by atoms with E-state index in [0.29, 0.717) is 12.5 Å². The van der Waals surface area contributed by atoms with Gasteiger partial charge in [0.2, 0.25) is 0 Å². The van der Waals surface area contributed by atoms with Crippen LogP contribution in [0.15, 0.2) is 30.3 Å². The number of nitrogens with zero attached hydrogens (tertiary/aromatic N) is 1. The maximum atomic E-state index is 9.19. The summed E-state index contributed by atoms with van der Waals surface area (Å²) >= 11 is 0. The van der Waals surface area contributed by atoms with Crippen molar-refractivity contribution in [1.29, 1.82) is 0 Å². The van der Waals surface area contributed by atoms with E-state index >= 15 is 0 Å². The van der Waals surface area contributed by atoms with Crippen LogP contribution in [-0.2, 0) is 6.54 Å². The highest BCUT2D eigenvalue weighted by Gasteiger charge is 2.45. The normalized spacial score (nSPS) is 32.9. The summed E-state index contributed by atoms with van der Waals surface area (Å²) in [4.78, 5) is 2.62. The lowest BCUT2D eigenvalue weighted by Gasteiger charge is -2.24.